The van der Waals surface area contributed by atoms with Crippen LogP contribution in [0.15, 0.2) is 12.4 Å². The zero-order valence-electron chi connectivity index (χ0n) is 10.8. The Kier molecular flexibility index (Phi) is 6.02. The van der Waals surface area contributed by atoms with E-state index >= 15 is 0 Å². The molecule has 0 bridgehead atoms. The molecule has 0 aliphatic rings. The normalized spacial score (nSPS) is 16.8. The van der Waals surface area contributed by atoms with Gasteiger partial charge in [0.25, 0.3) is 0 Å². The lowest BCUT2D eigenvalue weighted by molar-refractivity contribution is 0.250. The van der Waals surface area contributed by atoms with Crippen LogP contribution < -0.4 is 5.73 Å². The van der Waals surface area contributed by atoms with Crippen LogP contribution in [-0.2, 0) is 7.05 Å². The fourth-order valence-corrected chi connectivity index (χ4v) is 2.98. The van der Waals surface area contributed by atoms with Crippen molar-refractivity contribution in [2.75, 3.05) is 12.4 Å². The molecule has 3 N–H and O–H groups in total. The standard InChI is InChI=1S/C12H23N3OS/c1-4-11(13)12(17-8-9(2)7-16)10-5-14-15(3)6-10/h5-6,9,11-12,16H,4,7-8,13H2,1-3H3. The van der Waals surface area contributed by atoms with Crippen molar-refractivity contribution < 1.29 is 5.11 Å². The van der Waals surface area contributed by atoms with Gasteiger partial charge in [-0.15, -0.1) is 0 Å². The van der Waals surface area contributed by atoms with E-state index in [1.807, 2.05) is 38.1 Å². The molecule has 0 aliphatic heterocycles. The van der Waals surface area contributed by atoms with Gasteiger partial charge in [-0.3, -0.25) is 4.68 Å². The maximum atomic E-state index is 9.06. The minimum Gasteiger partial charge on any atom is -0.396 e. The molecule has 3 atom stereocenters. The number of thioether (sulfide) groups is 1. The molecule has 1 aromatic heterocycles. The summed E-state index contributed by atoms with van der Waals surface area (Å²) in [6, 6.07) is 0.134. The quantitative estimate of drug-likeness (QED) is 0.778. The van der Waals surface area contributed by atoms with Crippen LogP contribution in [0.3, 0.4) is 0 Å². The lowest BCUT2D eigenvalue weighted by Gasteiger charge is -2.22. The SMILES string of the molecule is CCC(N)C(SCC(C)CO)c1cnn(C)c1. The molecule has 98 valence electrons. The van der Waals surface area contributed by atoms with Crippen molar-refractivity contribution in [3.63, 3.8) is 0 Å². The van der Waals surface area contributed by atoms with Gasteiger partial charge in [-0.2, -0.15) is 16.9 Å². The second-order valence-corrected chi connectivity index (χ2v) is 5.74. The average Bonchev–Trinajstić information content (AvgIpc) is 2.75. The predicted molar refractivity (Wildman–Crippen MR) is 72.9 cm³/mol. The molecule has 0 spiro atoms. The van der Waals surface area contributed by atoms with Crippen molar-refractivity contribution in [3.05, 3.63) is 18.0 Å². The van der Waals surface area contributed by atoms with Crippen LogP contribution in [0.2, 0.25) is 0 Å². The van der Waals surface area contributed by atoms with Gasteiger partial charge in [-0.25, -0.2) is 0 Å². The minimum atomic E-state index is 0.134. The molecule has 0 saturated heterocycles. The van der Waals surface area contributed by atoms with E-state index in [1.165, 1.54) is 5.56 Å². The van der Waals surface area contributed by atoms with Gasteiger partial charge in [-0.05, 0) is 18.1 Å². The first-order valence-corrected chi connectivity index (χ1v) is 7.09. The monoisotopic (exact) mass is 257 g/mol. The topological polar surface area (TPSA) is 64.1 Å². The maximum Gasteiger partial charge on any atom is 0.0533 e. The number of aliphatic hydroxyl groups is 1. The van der Waals surface area contributed by atoms with Gasteiger partial charge in [0.15, 0.2) is 0 Å². The molecule has 0 aliphatic carbocycles. The van der Waals surface area contributed by atoms with E-state index in [0.29, 0.717) is 5.92 Å². The molecule has 1 rings (SSSR count). The van der Waals surface area contributed by atoms with Crippen molar-refractivity contribution >= 4 is 11.8 Å². The first kappa shape index (κ1) is 14.5. The molecule has 0 aromatic carbocycles. The average molecular weight is 257 g/mol. The van der Waals surface area contributed by atoms with Gasteiger partial charge >= 0.3 is 0 Å². The Morgan fingerprint density at radius 1 is 1.59 bits per heavy atom. The summed E-state index contributed by atoms with van der Waals surface area (Å²) < 4.78 is 1.81. The molecule has 1 aromatic rings. The summed E-state index contributed by atoms with van der Waals surface area (Å²) in [4.78, 5) is 0. The number of nitrogens with zero attached hydrogens (tertiary/aromatic N) is 2. The molecule has 17 heavy (non-hydrogen) atoms. The summed E-state index contributed by atoms with van der Waals surface area (Å²) in [5.74, 6) is 1.23. The lowest BCUT2D eigenvalue weighted by atomic mass is 10.1. The Bertz CT molecular complexity index is 329. The predicted octanol–water partition coefficient (Wildman–Crippen LogP) is 1.56. The number of aryl methyl sites for hydroxylation is 1. The summed E-state index contributed by atoms with van der Waals surface area (Å²) in [6.07, 6.45) is 4.85. The van der Waals surface area contributed by atoms with Crippen LogP contribution in [0.5, 0.6) is 0 Å². The third kappa shape index (κ3) is 4.33. The second kappa shape index (κ2) is 7.03. The minimum absolute atomic E-state index is 0.134. The van der Waals surface area contributed by atoms with E-state index in [9.17, 15) is 0 Å². The van der Waals surface area contributed by atoms with E-state index < -0.39 is 0 Å². The third-order valence-electron chi connectivity index (χ3n) is 2.79. The molecular weight excluding hydrogens is 234 g/mol. The highest BCUT2D eigenvalue weighted by Crippen LogP contribution is 2.33. The van der Waals surface area contributed by atoms with Crippen molar-refractivity contribution in [1.82, 2.24) is 9.78 Å². The number of hydrogen-bond acceptors (Lipinski definition) is 4. The molecular formula is C12H23N3OS. The van der Waals surface area contributed by atoms with Crippen LogP contribution in [0.4, 0.5) is 0 Å². The summed E-state index contributed by atoms with van der Waals surface area (Å²) in [5.41, 5.74) is 7.34. The van der Waals surface area contributed by atoms with Gasteiger partial charge < -0.3 is 10.8 Å². The van der Waals surface area contributed by atoms with Crippen molar-refractivity contribution in [3.8, 4) is 0 Å². The lowest BCUT2D eigenvalue weighted by Crippen LogP contribution is -2.26. The highest BCUT2D eigenvalue weighted by molar-refractivity contribution is 7.99. The highest BCUT2D eigenvalue weighted by atomic mass is 32.2. The first-order chi connectivity index (χ1) is 8.08. The van der Waals surface area contributed by atoms with E-state index in [0.717, 1.165) is 12.2 Å². The number of hydrogen-bond donors (Lipinski definition) is 2. The Morgan fingerprint density at radius 3 is 2.76 bits per heavy atom. The molecule has 0 radical (unpaired) electrons. The fourth-order valence-electron chi connectivity index (χ4n) is 1.59. The highest BCUT2D eigenvalue weighted by Gasteiger charge is 2.21. The fraction of sp³-hybridized carbons (Fsp3) is 0.750. The van der Waals surface area contributed by atoms with Gasteiger partial charge in [0.1, 0.15) is 0 Å². The largest absolute Gasteiger partial charge is 0.396 e. The molecule has 5 heteroatoms. The molecule has 0 amide bonds. The number of nitrogens with two attached hydrogens (primary N) is 1. The van der Waals surface area contributed by atoms with E-state index in [1.54, 1.807) is 4.68 Å². The Labute approximate surface area is 108 Å². The van der Waals surface area contributed by atoms with E-state index in [4.69, 9.17) is 10.8 Å². The van der Waals surface area contributed by atoms with Gasteiger partial charge in [0.2, 0.25) is 0 Å². The maximum absolute atomic E-state index is 9.06. The number of rotatable bonds is 7. The zero-order chi connectivity index (χ0) is 12.8. The van der Waals surface area contributed by atoms with Crippen molar-refractivity contribution in [2.24, 2.45) is 18.7 Å². The smallest absolute Gasteiger partial charge is 0.0533 e. The summed E-state index contributed by atoms with van der Waals surface area (Å²) in [6.45, 7) is 4.38. The van der Waals surface area contributed by atoms with Crippen LogP contribution in [0.1, 0.15) is 31.1 Å². The van der Waals surface area contributed by atoms with Crippen LogP contribution >= 0.6 is 11.8 Å². The van der Waals surface area contributed by atoms with Gasteiger partial charge in [0.05, 0.1) is 6.20 Å². The van der Waals surface area contributed by atoms with Crippen LogP contribution in [0, 0.1) is 5.92 Å². The van der Waals surface area contributed by atoms with Crippen molar-refractivity contribution in [1.29, 1.82) is 0 Å². The first-order valence-electron chi connectivity index (χ1n) is 6.05. The molecule has 1 heterocycles. The summed E-state index contributed by atoms with van der Waals surface area (Å²) in [7, 11) is 1.92. The Balaban J connectivity index is 2.67. The summed E-state index contributed by atoms with van der Waals surface area (Å²) >= 11 is 1.81. The Morgan fingerprint density at radius 2 is 2.29 bits per heavy atom. The van der Waals surface area contributed by atoms with E-state index in [2.05, 4.69) is 12.0 Å². The van der Waals surface area contributed by atoms with E-state index in [-0.39, 0.29) is 17.9 Å². The zero-order valence-corrected chi connectivity index (χ0v) is 11.7. The number of aromatic nitrogens is 2. The van der Waals surface area contributed by atoms with Gasteiger partial charge in [-0.1, -0.05) is 13.8 Å². The molecule has 0 saturated carbocycles. The summed E-state index contributed by atoms with van der Waals surface area (Å²) in [5, 5.41) is 13.5. The molecule has 3 unspecified atom stereocenters. The number of aliphatic hydroxyl groups excluding tert-OH is 1. The Hall–Kier alpha value is -0.520. The molecule has 0 fully saturated rings. The third-order valence-corrected chi connectivity index (χ3v) is 4.53. The van der Waals surface area contributed by atoms with Crippen LogP contribution in [0.25, 0.3) is 0 Å². The molecule has 4 nitrogen and oxygen atoms in total. The second-order valence-electron chi connectivity index (χ2n) is 4.56. The van der Waals surface area contributed by atoms with Gasteiger partial charge in [0, 0.05) is 36.7 Å². The van der Waals surface area contributed by atoms with Crippen molar-refractivity contribution in [2.45, 2.75) is 31.6 Å². The van der Waals surface area contributed by atoms with Crippen LogP contribution in [-0.4, -0.2) is 33.3 Å².